The van der Waals surface area contributed by atoms with Crippen LogP contribution >= 0.6 is 0 Å². The second kappa shape index (κ2) is 4.58. The van der Waals surface area contributed by atoms with Gasteiger partial charge >= 0.3 is 0 Å². The van der Waals surface area contributed by atoms with Gasteiger partial charge in [0.15, 0.2) is 0 Å². The zero-order valence-electron chi connectivity index (χ0n) is 11.6. The molecule has 1 heterocycles. The number of benzene rings is 2. The number of rotatable bonds is 3. The SMILES string of the molecule is Nc1ccc(Cc2nc3ccc(F)cc3n2C2CC2)cc1. The van der Waals surface area contributed by atoms with Crippen LogP contribution in [0.2, 0.25) is 0 Å². The Hall–Kier alpha value is -2.36. The molecule has 1 saturated carbocycles. The van der Waals surface area contributed by atoms with E-state index >= 15 is 0 Å². The molecule has 21 heavy (non-hydrogen) atoms. The highest BCUT2D eigenvalue weighted by molar-refractivity contribution is 5.76. The van der Waals surface area contributed by atoms with Crippen LogP contribution in [0.4, 0.5) is 10.1 Å². The summed E-state index contributed by atoms with van der Waals surface area (Å²) in [6.07, 6.45) is 3.04. The summed E-state index contributed by atoms with van der Waals surface area (Å²) in [6.45, 7) is 0. The van der Waals surface area contributed by atoms with Crippen LogP contribution in [0.5, 0.6) is 0 Å². The normalized spacial score (nSPS) is 14.7. The highest BCUT2D eigenvalue weighted by Gasteiger charge is 2.28. The summed E-state index contributed by atoms with van der Waals surface area (Å²) in [5, 5.41) is 0. The van der Waals surface area contributed by atoms with Crippen LogP contribution in [-0.4, -0.2) is 9.55 Å². The van der Waals surface area contributed by atoms with Gasteiger partial charge in [-0.1, -0.05) is 12.1 Å². The Morgan fingerprint density at radius 3 is 2.62 bits per heavy atom. The number of halogens is 1. The minimum Gasteiger partial charge on any atom is -0.399 e. The number of anilines is 1. The van der Waals surface area contributed by atoms with Gasteiger partial charge in [0.25, 0.3) is 0 Å². The van der Waals surface area contributed by atoms with Crippen molar-refractivity contribution in [2.45, 2.75) is 25.3 Å². The number of nitrogens with two attached hydrogens (primary N) is 1. The molecule has 1 aromatic heterocycles. The molecule has 0 aliphatic heterocycles. The lowest BCUT2D eigenvalue weighted by molar-refractivity contribution is 0.627. The molecule has 0 bridgehead atoms. The number of fused-ring (bicyclic) bond motifs is 1. The van der Waals surface area contributed by atoms with Crippen LogP contribution in [0.15, 0.2) is 42.5 Å². The van der Waals surface area contributed by atoms with Gasteiger partial charge in [-0.15, -0.1) is 0 Å². The largest absolute Gasteiger partial charge is 0.399 e. The van der Waals surface area contributed by atoms with Gasteiger partial charge < -0.3 is 10.3 Å². The van der Waals surface area contributed by atoms with Gasteiger partial charge in [-0.25, -0.2) is 9.37 Å². The molecule has 0 radical (unpaired) electrons. The molecule has 0 spiro atoms. The average Bonchev–Trinajstić information content (AvgIpc) is 3.24. The zero-order chi connectivity index (χ0) is 14.4. The Morgan fingerprint density at radius 1 is 1.14 bits per heavy atom. The lowest BCUT2D eigenvalue weighted by Crippen LogP contribution is -2.02. The molecule has 3 nitrogen and oxygen atoms in total. The Morgan fingerprint density at radius 2 is 1.90 bits per heavy atom. The van der Waals surface area contributed by atoms with Gasteiger partial charge in [0.1, 0.15) is 11.6 Å². The van der Waals surface area contributed by atoms with Gasteiger partial charge in [-0.05, 0) is 48.7 Å². The molecule has 0 atom stereocenters. The summed E-state index contributed by atoms with van der Waals surface area (Å²) in [5.74, 6) is 0.797. The number of hydrogen-bond acceptors (Lipinski definition) is 2. The number of imidazole rings is 1. The topological polar surface area (TPSA) is 43.8 Å². The van der Waals surface area contributed by atoms with Crippen molar-refractivity contribution in [1.82, 2.24) is 9.55 Å². The Labute approximate surface area is 122 Å². The lowest BCUT2D eigenvalue weighted by atomic mass is 10.1. The summed E-state index contributed by atoms with van der Waals surface area (Å²) < 4.78 is 15.7. The van der Waals surface area contributed by atoms with E-state index in [4.69, 9.17) is 10.7 Å². The monoisotopic (exact) mass is 281 g/mol. The third-order valence-corrected chi connectivity index (χ3v) is 3.98. The van der Waals surface area contributed by atoms with Crippen molar-refractivity contribution >= 4 is 16.7 Å². The van der Waals surface area contributed by atoms with Crippen LogP contribution < -0.4 is 5.73 Å². The van der Waals surface area contributed by atoms with Crippen LogP contribution in [0, 0.1) is 5.82 Å². The third-order valence-electron chi connectivity index (χ3n) is 3.98. The van der Waals surface area contributed by atoms with E-state index in [1.54, 1.807) is 12.1 Å². The Bertz CT molecular complexity index is 801. The van der Waals surface area contributed by atoms with Crippen molar-refractivity contribution in [1.29, 1.82) is 0 Å². The van der Waals surface area contributed by atoms with Gasteiger partial charge in [0.2, 0.25) is 0 Å². The highest BCUT2D eigenvalue weighted by Crippen LogP contribution is 2.39. The number of nitrogen functional groups attached to an aromatic ring is 1. The summed E-state index contributed by atoms with van der Waals surface area (Å²) in [5.41, 5.74) is 9.43. The standard InChI is InChI=1S/C17H16FN3/c18-12-3-8-15-16(10-12)21(14-6-7-14)17(20-15)9-11-1-4-13(19)5-2-11/h1-5,8,10,14H,6-7,9,19H2. The first kappa shape index (κ1) is 12.4. The summed E-state index contributed by atoms with van der Waals surface area (Å²) in [6, 6.07) is 13.1. The molecule has 106 valence electrons. The van der Waals surface area contributed by atoms with E-state index in [1.165, 1.54) is 11.6 Å². The fraction of sp³-hybridized carbons (Fsp3) is 0.235. The molecular formula is C17H16FN3. The van der Waals surface area contributed by atoms with Crippen LogP contribution in [-0.2, 0) is 6.42 Å². The number of hydrogen-bond donors (Lipinski definition) is 1. The van der Waals surface area contributed by atoms with Crippen molar-refractivity contribution in [3.8, 4) is 0 Å². The van der Waals surface area contributed by atoms with E-state index in [0.717, 1.165) is 41.8 Å². The van der Waals surface area contributed by atoms with Crippen molar-refractivity contribution in [2.75, 3.05) is 5.73 Å². The molecule has 4 rings (SSSR count). The average molecular weight is 281 g/mol. The van der Waals surface area contributed by atoms with Crippen LogP contribution in [0.3, 0.4) is 0 Å². The van der Waals surface area contributed by atoms with Crippen LogP contribution in [0.25, 0.3) is 11.0 Å². The van der Waals surface area contributed by atoms with E-state index < -0.39 is 0 Å². The molecule has 2 aromatic carbocycles. The summed E-state index contributed by atoms with van der Waals surface area (Å²) >= 11 is 0. The highest BCUT2D eigenvalue weighted by atomic mass is 19.1. The third kappa shape index (κ3) is 2.27. The first-order chi connectivity index (χ1) is 10.2. The minimum atomic E-state index is -0.205. The molecule has 4 heteroatoms. The molecule has 2 N–H and O–H groups in total. The lowest BCUT2D eigenvalue weighted by Gasteiger charge is -2.08. The van der Waals surface area contributed by atoms with E-state index in [0.29, 0.717) is 6.04 Å². The minimum absolute atomic E-state index is 0.205. The van der Waals surface area contributed by atoms with E-state index in [9.17, 15) is 4.39 Å². The zero-order valence-corrected chi connectivity index (χ0v) is 11.6. The van der Waals surface area contributed by atoms with E-state index in [-0.39, 0.29) is 5.82 Å². The summed E-state index contributed by atoms with van der Waals surface area (Å²) in [4.78, 5) is 4.70. The molecule has 0 unspecified atom stereocenters. The fourth-order valence-electron chi connectivity index (χ4n) is 2.80. The predicted octanol–water partition coefficient (Wildman–Crippen LogP) is 3.68. The molecule has 0 amide bonds. The first-order valence-corrected chi connectivity index (χ1v) is 7.21. The Kier molecular flexibility index (Phi) is 2.70. The molecule has 3 aromatic rings. The van der Waals surface area contributed by atoms with Crippen molar-refractivity contribution in [2.24, 2.45) is 0 Å². The Balaban J connectivity index is 1.80. The van der Waals surface area contributed by atoms with Gasteiger partial charge in [0, 0.05) is 18.2 Å². The van der Waals surface area contributed by atoms with E-state index in [1.807, 2.05) is 24.3 Å². The molecule has 1 aliphatic carbocycles. The smallest absolute Gasteiger partial charge is 0.125 e. The van der Waals surface area contributed by atoms with Gasteiger partial charge in [-0.2, -0.15) is 0 Å². The second-order valence-corrected chi connectivity index (χ2v) is 5.68. The number of aromatic nitrogens is 2. The van der Waals surface area contributed by atoms with Crippen LogP contribution in [0.1, 0.15) is 30.3 Å². The molecule has 0 saturated heterocycles. The maximum Gasteiger partial charge on any atom is 0.125 e. The van der Waals surface area contributed by atoms with E-state index in [2.05, 4.69) is 4.57 Å². The maximum atomic E-state index is 13.5. The van der Waals surface area contributed by atoms with Crippen molar-refractivity contribution in [3.05, 3.63) is 59.7 Å². The molecule has 1 fully saturated rings. The molecule has 1 aliphatic rings. The van der Waals surface area contributed by atoms with Crippen molar-refractivity contribution in [3.63, 3.8) is 0 Å². The van der Waals surface area contributed by atoms with Gasteiger partial charge in [0.05, 0.1) is 11.0 Å². The molecular weight excluding hydrogens is 265 g/mol. The number of nitrogens with zero attached hydrogens (tertiary/aromatic N) is 2. The maximum absolute atomic E-state index is 13.5. The second-order valence-electron chi connectivity index (χ2n) is 5.68. The summed E-state index contributed by atoms with van der Waals surface area (Å²) in [7, 11) is 0. The first-order valence-electron chi connectivity index (χ1n) is 7.21. The van der Waals surface area contributed by atoms with Crippen molar-refractivity contribution < 1.29 is 4.39 Å². The van der Waals surface area contributed by atoms with Gasteiger partial charge in [-0.3, -0.25) is 0 Å². The fourth-order valence-corrected chi connectivity index (χ4v) is 2.80. The quantitative estimate of drug-likeness (QED) is 0.744. The predicted molar refractivity (Wildman–Crippen MR) is 81.6 cm³/mol.